The van der Waals surface area contributed by atoms with Crippen molar-refractivity contribution in [3.8, 4) is 0 Å². The van der Waals surface area contributed by atoms with E-state index < -0.39 is 17.8 Å². The second-order valence-corrected chi connectivity index (χ2v) is 9.99. The van der Waals surface area contributed by atoms with E-state index in [4.69, 9.17) is 11.6 Å². The monoisotopic (exact) mass is 520 g/mol. The lowest BCUT2D eigenvalue weighted by molar-refractivity contribution is -0.138. The van der Waals surface area contributed by atoms with Crippen LogP contribution >= 0.6 is 23.4 Å². The van der Waals surface area contributed by atoms with Gasteiger partial charge in [-0.2, -0.15) is 18.3 Å². The molecule has 0 bridgehead atoms. The number of Topliss-reactive ketones (excluding diaryl/α,β-unsaturated/α-hetero) is 1. The SMILES string of the molecule is O=C1CNCCC1N1CC(=Cc2ccc3c(cnn3Cc3ccc(Cl)cc3C(F)(F)F)c2)SC1=O. The number of aromatic nitrogens is 2. The molecule has 1 amide bonds. The molecule has 0 saturated carbocycles. The number of alkyl halides is 3. The fourth-order valence-electron chi connectivity index (χ4n) is 4.43. The molecule has 3 aromatic rings. The van der Waals surface area contributed by atoms with E-state index in [2.05, 4.69) is 10.4 Å². The molecule has 1 unspecified atom stereocenters. The molecule has 3 heterocycles. The Morgan fingerprint density at radius 2 is 2.03 bits per heavy atom. The second kappa shape index (κ2) is 9.33. The predicted molar refractivity (Wildman–Crippen MR) is 129 cm³/mol. The Morgan fingerprint density at radius 1 is 1.20 bits per heavy atom. The van der Waals surface area contributed by atoms with E-state index in [0.29, 0.717) is 25.0 Å². The number of nitrogens with zero attached hydrogens (tertiary/aromatic N) is 3. The number of thioether (sulfide) groups is 1. The number of hydrogen-bond donors (Lipinski definition) is 1. The minimum absolute atomic E-state index is 0.0228. The van der Waals surface area contributed by atoms with E-state index in [-0.39, 0.29) is 34.7 Å². The molecule has 6 nitrogen and oxygen atoms in total. The number of ketones is 1. The number of carbonyl (C=O) groups excluding carboxylic acids is 2. The highest BCUT2D eigenvalue weighted by Gasteiger charge is 2.37. The van der Waals surface area contributed by atoms with E-state index in [1.807, 2.05) is 18.2 Å². The Hall–Kier alpha value is -2.82. The van der Waals surface area contributed by atoms with Crippen molar-refractivity contribution in [3.63, 3.8) is 0 Å². The number of piperidine rings is 1. The summed E-state index contributed by atoms with van der Waals surface area (Å²) in [7, 11) is 0. The van der Waals surface area contributed by atoms with Crippen LogP contribution in [0.4, 0.5) is 18.0 Å². The number of nitrogens with one attached hydrogen (secondary N) is 1. The third kappa shape index (κ3) is 4.96. The molecular formula is C24H20ClF3N4O2S. The largest absolute Gasteiger partial charge is 0.416 e. The van der Waals surface area contributed by atoms with E-state index in [9.17, 15) is 22.8 Å². The van der Waals surface area contributed by atoms with Gasteiger partial charge in [-0.15, -0.1) is 0 Å². The lowest BCUT2D eigenvalue weighted by atomic mass is 10.0. The van der Waals surface area contributed by atoms with Crippen molar-refractivity contribution in [1.29, 1.82) is 0 Å². The maximum Gasteiger partial charge on any atom is 0.416 e. The van der Waals surface area contributed by atoms with Gasteiger partial charge in [-0.3, -0.25) is 14.3 Å². The summed E-state index contributed by atoms with van der Waals surface area (Å²) in [4.78, 5) is 27.2. The third-order valence-corrected chi connectivity index (χ3v) is 7.27. The Kier molecular flexibility index (Phi) is 6.37. The van der Waals surface area contributed by atoms with Crippen LogP contribution < -0.4 is 5.32 Å². The van der Waals surface area contributed by atoms with Crippen molar-refractivity contribution in [2.75, 3.05) is 19.6 Å². The zero-order valence-corrected chi connectivity index (χ0v) is 19.9. The first-order chi connectivity index (χ1) is 16.7. The molecule has 182 valence electrons. The Balaban J connectivity index is 1.37. The van der Waals surface area contributed by atoms with Crippen LogP contribution in [0.3, 0.4) is 0 Å². The Bertz CT molecular complexity index is 1350. The first-order valence-electron chi connectivity index (χ1n) is 10.9. The van der Waals surface area contributed by atoms with Gasteiger partial charge in [0.05, 0.1) is 43.0 Å². The average Bonchev–Trinajstić information content (AvgIpc) is 3.37. The van der Waals surface area contributed by atoms with E-state index in [1.165, 1.54) is 16.8 Å². The molecule has 11 heteroatoms. The molecule has 2 aromatic carbocycles. The van der Waals surface area contributed by atoms with Gasteiger partial charge in [-0.05, 0) is 66.2 Å². The summed E-state index contributed by atoms with van der Waals surface area (Å²) < 4.78 is 41.9. The van der Waals surface area contributed by atoms with Gasteiger partial charge < -0.3 is 10.2 Å². The third-order valence-electron chi connectivity index (χ3n) is 6.11. The van der Waals surface area contributed by atoms with Gasteiger partial charge in [0, 0.05) is 15.3 Å². The van der Waals surface area contributed by atoms with Crippen LogP contribution in [0.1, 0.15) is 23.1 Å². The molecule has 1 N–H and O–H groups in total. The van der Waals surface area contributed by atoms with E-state index in [1.54, 1.807) is 17.2 Å². The topological polar surface area (TPSA) is 67.2 Å². The zero-order valence-electron chi connectivity index (χ0n) is 18.3. The summed E-state index contributed by atoms with van der Waals surface area (Å²) in [5.41, 5.74) is 0.821. The zero-order chi connectivity index (χ0) is 24.7. The maximum absolute atomic E-state index is 13.5. The number of hydrogen-bond acceptors (Lipinski definition) is 5. The summed E-state index contributed by atoms with van der Waals surface area (Å²) >= 11 is 6.90. The molecule has 2 aliphatic heterocycles. The Labute approximate surface area is 208 Å². The summed E-state index contributed by atoms with van der Waals surface area (Å²) in [5.74, 6) is 0.0228. The standard InChI is InChI=1S/C24H20ClF3N4O2S/c25-17-3-2-15(19(9-17)24(26,27)28)12-32-20-4-1-14(7-16(20)10-30-32)8-18-13-31(23(34)35-18)21-5-6-29-11-22(21)33/h1-4,7-10,21,29H,5-6,11-13H2. The normalized spacial score (nSPS) is 20.4. The molecule has 1 aromatic heterocycles. The van der Waals surface area contributed by atoms with Crippen molar-refractivity contribution >= 4 is 51.4 Å². The molecular weight excluding hydrogens is 501 g/mol. The fourth-order valence-corrected chi connectivity index (χ4v) is 5.53. The smallest absolute Gasteiger partial charge is 0.318 e. The average molecular weight is 521 g/mol. The van der Waals surface area contributed by atoms with Crippen LogP contribution in [0, 0.1) is 0 Å². The highest BCUT2D eigenvalue weighted by molar-refractivity contribution is 8.17. The first kappa shape index (κ1) is 23.9. The van der Waals surface area contributed by atoms with Crippen molar-refractivity contribution in [3.05, 3.63) is 69.2 Å². The quantitative estimate of drug-likeness (QED) is 0.512. The molecule has 2 aliphatic rings. The summed E-state index contributed by atoms with van der Waals surface area (Å²) in [6.45, 7) is 1.30. The second-order valence-electron chi connectivity index (χ2n) is 8.47. The minimum Gasteiger partial charge on any atom is -0.318 e. The van der Waals surface area contributed by atoms with Gasteiger partial charge in [0.2, 0.25) is 0 Å². The lowest BCUT2D eigenvalue weighted by Crippen LogP contribution is -2.50. The van der Waals surface area contributed by atoms with Crippen LogP contribution in [0.25, 0.3) is 17.0 Å². The molecule has 0 radical (unpaired) electrons. The predicted octanol–water partition coefficient (Wildman–Crippen LogP) is 5.20. The maximum atomic E-state index is 13.5. The van der Waals surface area contributed by atoms with Crippen LogP contribution in [-0.2, 0) is 17.5 Å². The number of amides is 1. The highest BCUT2D eigenvalue weighted by atomic mass is 35.5. The van der Waals surface area contributed by atoms with Crippen LogP contribution in [0.2, 0.25) is 5.02 Å². The molecule has 0 spiro atoms. The number of halogens is 4. The minimum atomic E-state index is -4.52. The molecule has 35 heavy (non-hydrogen) atoms. The first-order valence-corrected chi connectivity index (χ1v) is 12.1. The van der Waals surface area contributed by atoms with Crippen LogP contribution in [0.5, 0.6) is 0 Å². The van der Waals surface area contributed by atoms with Gasteiger partial charge >= 0.3 is 6.18 Å². The van der Waals surface area contributed by atoms with Crippen molar-refractivity contribution < 1.29 is 22.8 Å². The number of fused-ring (bicyclic) bond motifs is 1. The number of benzene rings is 2. The summed E-state index contributed by atoms with van der Waals surface area (Å²) in [6, 6.07) is 8.85. The van der Waals surface area contributed by atoms with E-state index in [0.717, 1.165) is 33.7 Å². The van der Waals surface area contributed by atoms with Gasteiger partial charge in [-0.25, -0.2) is 0 Å². The van der Waals surface area contributed by atoms with Crippen molar-refractivity contribution in [2.45, 2.75) is 25.2 Å². The molecule has 5 rings (SSSR count). The van der Waals surface area contributed by atoms with E-state index >= 15 is 0 Å². The summed E-state index contributed by atoms with van der Waals surface area (Å²) in [5, 5.41) is 7.97. The molecule has 2 saturated heterocycles. The van der Waals surface area contributed by atoms with Crippen molar-refractivity contribution in [2.24, 2.45) is 0 Å². The fraction of sp³-hybridized carbons (Fsp3) is 0.292. The highest BCUT2D eigenvalue weighted by Crippen LogP contribution is 2.35. The van der Waals surface area contributed by atoms with Gasteiger partial charge in [-0.1, -0.05) is 23.7 Å². The van der Waals surface area contributed by atoms with Crippen LogP contribution in [0.15, 0.2) is 47.5 Å². The van der Waals surface area contributed by atoms with Gasteiger partial charge in [0.1, 0.15) is 0 Å². The molecule has 2 fully saturated rings. The summed E-state index contributed by atoms with van der Waals surface area (Å²) in [6.07, 6.45) is -0.419. The molecule has 0 aliphatic carbocycles. The van der Waals surface area contributed by atoms with Gasteiger partial charge in [0.25, 0.3) is 5.24 Å². The lowest BCUT2D eigenvalue weighted by Gasteiger charge is -2.29. The Morgan fingerprint density at radius 3 is 2.80 bits per heavy atom. The van der Waals surface area contributed by atoms with Crippen LogP contribution in [-0.4, -0.2) is 51.4 Å². The number of carbonyl (C=O) groups is 2. The van der Waals surface area contributed by atoms with Gasteiger partial charge in [0.15, 0.2) is 5.78 Å². The molecule has 1 atom stereocenters. The number of rotatable bonds is 4. The van der Waals surface area contributed by atoms with Crippen molar-refractivity contribution in [1.82, 2.24) is 20.0 Å².